The van der Waals surface area contributed by atoms with Gasteiger partial charge in [0.15, 0.2) is 0 Å². The molecule has 1 aliphatic heterocycles. The number of ether oxygens (including phenoxy) is 1. The van der Waals surface area contributed by atoms with Crippen molar-refractivity contribution in [3.8, 4) is 39.8 Å². The number of aryl methyl sites for hydroxylation is 1. The number of fused-ring (bicyclic) bond motifs is 5. The highest BCUT2D eigenvalue weighted by Crippen LogP contribution is 2.40. The number of phenolic OH excluding ortho intramolecular Hbond substituents is 1. The lowest BCUT2D eigenvalue weighted by molar-refractivity contribution is -0.141. The van der Waals surface area contributed by atoms with Crippen molar-refractivity contribution in [2.45, 2.75) is 101 Å². The highest BCUT2D eigenvalue weighted by molar-refractivity contribution is 5.99. The SMILES string of the molecule is CCCCc1ccc(-c2ccc(C(=O)N[C@@H](CCCCN)C(=O)N(C)[C@@H]3C(=O)N[C@@H](C)C(=O)N[C@H](C(=O)NC4(C#N)CC4)Cc4ccc(O)c(c4)-c4cc3ccc4OCCN)cc2)cc1. The van der Waals surface area contributed by atoms with Gasteiger partial charge in [0.05, 0.1) is 6.07 Å². The van der Waals surface area contributed by atoms with E-state index in [2.05, 4.69) is 58.5 Å². The number of hydrogen-bond donors (Lipinski definition) is 7. The van der Waals surface area contributed by atoms with Gasteiger partial charge < -0.3 is 47.5 Å². The zero-order valence-corrected chi connectivity index (χ0v) is 37.3. The molecule has 0 spiro atoms. The van der Waals surface area contributed by atoms with Gasteiger partial charge in [-0.1, -0.05) is 61.9 Å². The lowest BCUT2D eigenvalue weighted by Gasteiger charge is -2.32. The van der Waals surface area contributed by atoms with Crippen LogP contribution in [0.3, 0.4) is 0 Å². The van der Waals surface area contributed by atoms with E-state index in [0.717, 1.165) is 30.4 Å². The fourth-order valence-electron chi connectivity index (χ4n) is 7.94. The Morgan fingerprint density at radius 2 is 1.62 bits per heavy atom. The fraction of sp³-hybridized carbons (Fsp3) is 0.400. The minimum absolute atomic E-state index is 0.0139. The van der Waals surface area contributed by atoms with Crippen LogP contribution in [0.1, 0.15) is 91.9 Å². The van der Waals surface area contributed by atoms with Gasteiger partial charge in [-0.25, -0.2) is 0 Å². The summed E-state index contributed by atoms with van der Waals surface area (Å²) in [6, 6.07) is 22.4. The van der Waals surface area contributed by atoms with Gasteiger partial charge in [0.1, 0.15) is 47.8 Å². The summed E-state index contributed by atoms with van der Waals surface area (Å²) in [5, 5.41) is 32.2. The van der Waals surface area contributed by atoms with Crippen LogP contribution in [0.2, 0.25) is 0 Å². The molecule has 0 radical (unpaired) electrons. The average Bonchev–Trinajstić information content (AvgIpc) is 4.09. The third-order valence-electron chi connectivity index (χ3n) is 12.0. The molecule has 4 aromatic carbocycles. The lowest BCUT2D eigenvalue weighted by Crippen LogP contribution is -2.56. The summed E-state index contributed by atoms with van der Waals surface area (Å²) in [6.45, 7) is 4.30. The number of phenols is 1. The monoisotopic (exact) mass is 884 g/mol. The molecular weight excluding hydrogens is 825 g/mol. The minimum Gasteiger partial charge on any atom is -0.507 e. The molecule has 1 fully saturated rings. The molecule has 0 unspecified atom stereocenters. The summed E-state index contributed by atoms with van der Waals surface area (Å²) in [7, 11) is 1.45. The van der Waals surface area contributed by atoms with Gasteiger partial charge >= 0.3 is 0 Å². The number of unbranched alkanes of at least 4 members (excludes halogenated alkanes) is 2. The van der Waals surface area contributed by atoms with E-state index in [1.807, 2.05) is 12.1 Å². The Labute approximate surface area is 380 Å². The molecule has 0 saturated heterocycles. The summed E-state index contributed by atoms with van der Waals surface area (Å²) >= 11 is 0. The van der Waals surface area contributed by atoms with E-state index >= 15 is 0 Å². The number of amides is 5. The number of nitrogens with one attached hydrogen (secondary N) is 4. The number of benzene rings is 4. The molecule has 342 valence electrons. The molecule has 15 nitrogen and oxygen atoms in total. The average molecular weight is 885 g/mol. The number of nitriles is 1. The lowest BCUT2D eigenvalue weighted by atomic mass is 9.93. The van der Waals surface area contributed by atoms with Gasteiger partial charge in [-0.05, 0) is 123 Å². The van der Waals surface area contributed by atoms with Gasteiger partial charge in [0.25, 0.3) is 5.91 Å². The van der Waals surface area contributed by atoms with E-state index < -0.39 is 59.2 Å². The fourth-order valence-corrected chi connectivity index (χ4v) is 7.94. The van der Waals surface area contributed by atoms with Gasteiger partial charge in [0.2, 0.25) is 23.6 Å². The predicted molar refractivity (Wildman–Crippen MR) is 247 cm³/mol. The zero-order chi connectivity index (χ0) is 46.7. The first-order valence-corrected chi connectivity index (χ1v) is 22.4. The molecule has 1 heterocycles. The second-order valence-corrected chi connectivity index (χ2v) is 17.0. The Morgan fingerprint density at radius 3 is 2.26 bits per heavy atom. The first kappa shape index (κ1) is 47.7. The van der Waals surface area contributed by atoms with Crippen molar-refractivity contribution < 1.29 is 33.8 Å². The number of nitrogens with zero attached hydrogens (tertiary/aromatic N) is 2. The topological polar surface area (TPSA) is 242 Å². The highest BCUT2D eigenvalue weighted by atomic mass is 16.5. The minimum atomic E-state index is -1.38. The maximum absolute atomic E-state index is 14.7. The van der Waals surface area contributed by atoms with E-state index in [9.17, 15) is 34.3 Å². The maximum atomic E-state index is 14.7. The van der Waals surface area contributed by atoms with Crippen molar-refractivity contribution >= 4 is 29.5 Å². The Balaban J connectivity index is 1.33. The van der Waals surface area contributed by atoms with Crippen molar-refractivity contribution in [3.05, 3.63) is 107 Å². The third-order valence-corrected chi connectivity index (χ3v) is 12.0. The van der Waals surface area contributed by atoms with Crippen LogP contribution < -0.4 is 37.5 Å². The van der Waals surface area contributed by atoms with Crippen molar-refractivity contribution in [1.29, 1.82) is 5.26 Å². The molecule has 4 aromatic rings. The summed E-state index contributed by atoms with van der Waals surface area (Å²) in [5.41, 5.74) is 15.7. The van der Waals surface area contributed by atoms with E-state index in [1.165, 1.54) is 30.5 Å². The number of aromatic hydroxyl groups is 1. The molecule has 5 amide bonds. The molecular formula is C50H60N8O7. The second kappa shape index (κ2) is 21.7. The first-order chi connectivity index (χ1) is 31.3. The number of carbonyl (C=O) groups excluding carboxylic acids is 5. The first-order valence-electron chi connectivity index (χ1n) is 22.4. The molecule has 0 aromatic heterocycles. The summed E-state index contributed by atoms with van der Waals surface area (Å²) in [4.78, 5) is 71.9. The molecule has 1 aliphatic carbocycles. The van der Waals surface area contributed by atoms with Crippen LogP contribution >= 0.6 is 0 Å². The van der Waals surface area contributed by atoms with E-state index in [4.69, 9.17) is 16.2 Å². The van der Waals surface area contributed by atoms with Gasteiger partial charge in [-0.3, -0.25) is 24.0 Å². The van der Waals surface area contributed by atoms with Crippen LogP contribution in [-0.4, -0.2) is 90.0 Å². The molecule has 4 atom stereocenters. The zero-order valence-electron chi connectivity index (χ0n) is 37.3. The molecule has 9 N–H and O–H groups in total. The Kier molecular flexibility index (Phi) is 16.0. The van der Waals surface area contributed by atoms with Crippen LogP contribution in [0, 0.1) is 11.3 Å². The Bertz CT molecular complexity index is 2390. The maximum Gasteiger partial charge on any atom is 0.251 e. The summed E-state index contributed by atoms with van der Waals surface area (Å²) in [6.07, 6.45) is 5.49. The molecule has 15 heteroatoms. The van der Waals surface area contributed by atoms with E-state index in [-0.39, 0.29) is 37.3 Å². The molecule has 65 heavy (non-hydrogen) atoms. The van der Waals surface area contributed by atoms with Gasteiger partial charge in [-0.15, -0.1) is 0 Å². The Hall–Kier alpha value is -6.76. The van der Waals surface area contributed by atoms with Crippen LogP contribution in [-0.2, 0) is 32.0 Å². The molecule has 2 aliphatic rings. The normalized spacial score (nSPS) is 18.1. The van der Waals surface area contributed by atoms with E-state index in [1.54, 1.807) is 42.5 Å². The smallest absolute Gasteiger partial charge is 0.251 e. The third kappa shape index (κ3) is 11.9. The van der Waals surface area contributed by atoms with Crippen molar-refractivity contribution in [2.75, 3.05) is 26.7 Å². The molecule has 4 bridgehead atoms. The standard InChI is InChI=1S/C50H60N8O7/c1-4-5-8-32-10-13-34(14-11-32)35-15-17-36(18-16-35)46(61)55-40(9-6-7-24-51)49(64)58(3)44-37-19-21-43(65-26-25-52)39(29-37)38-27-33(12-20-42(38)59)28-41(47(62)57-50(30-53)22-23-50)56-45(60)31(2)54-48(44)63/h10-21,27,29,31,40-41,44,59H,4-9,22-26,28,51-52H2,1-3H3,(H,54,63)(H,55,61)(H,56,60)(H,57,62)/t31-,40-,41-,44-/m0/s1. The predicted octanol–water partition coefficient (Wildman–Crippen LogP) is 4.55. The molecule has 6 rings (SSSR count). The number of rotatable bonds is 17. The van der Waals surface area contributed by atoms with Crippen LogP contribution in [0.25, 0.3) is 22.3 Å². The van der Waals surface area contributed by atoms with E-state index in [0.29, 0.717) is 60.2 Å². The van der Waals surface area contributed by atoms with Crippen LogP contribution in [0.5, 0.6) is 11.5 Å². The number of carbonyl (C=O) groups is 5. The number of nitrogens with two attached hydrogens (primary N) is 2. The number of likely N-dealkylation sites (N-methyl/N-ethyl adjacent to an activating group) is 1. The second-order valence-electron chi connectivity index (χ2n) is 17.0. The Morgan fingerprint density at radius 1 is 0.908 bits per heavy atom. The largest absolute Gasteiger partial charge is 0.507 e. The quantitative estimate of drug-likeness (QED) is 0.0730. The van der Waals surface area contributed by atoms with Crippen LogP contribution in [0.15, 0.2) is 84.9 Å². The summed E-state index contributed by atoms with van der Waals surface area (Å²) in [5.74, 6) is -2.87. The van der Waals surface area contributed by atoms with Crippen LogP contribution in [0.4, 0.5) is 0 Å². The van der Waals surface area contributed by atoms with Gasteiger partial charge in [0, 0.05) is 36.7 Å². The number of hydrogen-bond acceptors (Lipinski definition) is 10. The van der Waals surface area contributed by atoms with Gasteiger partial charge in [-0.2, -0.15) is 5.26 Å². The molecule has 1 saturated carbocycles. The summed E-state index contributed by atoms with van der Waals surface area (Å²) < 4.78 is 6.02. The van der Waals surface area contributed by atoms with Crippen molar-refractivity contribution in [3.63, 3.8) is 0 Å². The van der Waals surface area contributed by atoms with Crippen molar-refractivity contribution in [2.24, 2.45) is 11.5 Å². The highest BCUT2D eigenvalue weighted by Gasteiger charge is 2.46. The van der Waals surface area contributed by atoms with Crippen molar-refractivity contribution in [1.82, 2.24) is 26.2 Å².